The van der Waals surface area contributed by atoms with Crippen molar-refractivity contribution < 1.29 is 4.79 Å². The summed E-state index contributed by atoms with van der Waals surface area (Å²) in [7, 11) is 0. The first-order chi connectivity index (χ1) is 12.1. The van der Waals surface area contributed by atoms with Crippen LogP contribution < -0.4 is 5.32 Å². The molecule has 1 N–H and O–H groups in total. The Morgan fingerprint density at radius 1 is 1.16 bits per heavy atom. The lowest BCUT2D eigenvalue weighted by atomic mass is 9.99. The minimum atomic E-state index is 0.0304. The third-order valence-corrected chi connectivity index (χ3v) is 5.51. The molecule has 2 saturated carbocycles. The van der Waals surface area contributed by atoms with E-state index in [-0.39, 0.29) is 5.91 Å². The highest BCUT2D eigenvalue weighted by molar-refractivity contribution is 6.17. The van der Waals surface area contributed by atoms with Gasteiger partial charge in [-0.05, 0) is 91.5 Å². The molecule has 0 bridgehead atoms. The minimum Gasteiger partial charge on any atom is -0.349 e. The molecule has 1 heterocycles. The summed E-state index contributed by atoms with van der Waals surface area (Å²) >= 11 is 6.08. The van der Waals surface area contributed by atoms with E-state index in [2.05, 4.69) is 16.4 Å². The number of amides is 1. The summed E-state index contributed by atoms with van der Waals surface area (Å²) in [5.41, 5.74) is 4.71. The maximum absolute atomic E-state index is 12.9. The Hall–Kier alpha value is -1.87. The van der Waals surface area contributed by atoms with Gasteiger partial charge in [0.15, 0.2) is 0 Å². The first kappa shape index (κ1) is 16.6. The van der Waals surface area contributed by atoms with Gasteiger partial charge >= 0.3 is 0 Å². The molecule has 3 nitrogen and oxygen atoms in total. The topological polar surface area (TPSA) is 42.0 Å². The zero-order valence-corrected chi connectivity index (χ0v) is 15.2. The first-order valence-corrected chi connectivity index (χ1v) is 9.61. The standard InChI is InChI=1S/C21H23ClN2O/c1-13-8-17(6-7-23-13)18-9-14(12-22)10-19(11-18)21(25)24-20(15-2-3-15)16-4-5-16/h6-11,15-16,20H,2-5,12H2,1H3,(H,24,25). The molecule has 130 valence electrons. The Balaban J connectivity index is 1.62. The number of hydrogen-bond acceptors (Lipinski definition) is 2. The molecule has 2 fully saturated rings. The highest BCUT2D eigenvalue weighted by Gasteiger charge is 2.42. The molecule has 0 saturated heterocycles. The van der Waals surface area contributed by atoms with Crippen molar-refractivity contribution in [2.24, 2.45) is 11.8 Å². The second kappa shape index (κ2) is 6.80. The van der Waals surface area contributed by atoms with E-state index in [0.29, 0.717) is 29.3 Å². The quantitative estimate of drug-likeness (QED) is 0.763. The number of halogens is 1. The van der Waals surface area contributed by atoms with Crippen molar-refractivity contribution in [1.29, 1.82) is 0 Å². The number of nitrogens with one attached hydrogen (secondary N) is 1. The maximum Gasteiger partial charge on any atom is 0.251 e. The van der Waals surface area contributed by atoms with Crippen LogP contribution in [0, 0.1) is 18.8 Å². The number of pyridine rings is 1. The lowest BCUT2D eigenvalue weighted by Crippen LogP contribution is -2.38. The van der Waals surface area contributed by atoms with Gasteiger partial charge in [-0.25, -0.2) is 0 Å². The highest BCUT2D eigenvalue weighted by atomic mass is 35.5. The number of hydrogen-bond donors (Lipinski definition) is 1. The second-order valence-corrected chi connectivity index (χ2v) is 7.68. The van der Waals surface area contributed by atoms with Gasteiger partial charge in [-0.3, -0.25) is 9.78 Å². The van der Waals surface area contributed by atoms with Crippen molar-refractivity contribution in [2.45, 2.75) is 44.5 Å². The average molecular weight is 355 g/mol. The molecular weight excluding hydrogens is 332 g/mol. The van der Waals surface area contributed by atoms with Crippen LogP contribution in [0.4, 0.5) is 0 Å². The van der Waals surface area contributed by atoms with E-state index in [1.165, 1.54) is 25.7 Å². The molecule has 1 aromatic heterocycles. The Labute approximate surface area is 153 Å². The summed E-state index contributed by atoms with van der Waals surface area (Å²) in [5.74, 6) is 1.81. The fourth-order valence-electron chi connectivity index (χ4n) is 3.56. The number of aryl methyl sites for hydroxylation is 1. The van der Waals surface area contributed by atoms with Crippen molar-refractivity contribution in [1.82, 2.24) is 10.3 Å². The van der Waals surface area contributed by atoms with Gasteiger partial charge in [0.1, 0.15) is 0 Å². The van der Waals surface area contributed by atoms with E-state index >= 15 is 0 Å². The molecule has 1 amide bonds. The summed E-state index contributed by atoms with van der Waals surface area (Å²) in [6.45, 7) is 1.97. The minimum absolute atomic E-state index is 0.0304. The number of nitrogens with zero attached hydrogens (tertiary/aromatic N) is 1. The third-order valence-electron chi connectivity index (χ3n) is 5.20. The number of alkyl halides is 1. The van der Waals surface area contributed by atoms with Crippen LogP contribution in [0.15, 0.2) is 36.5 Å². The lowest BCUT2D eigenvalue weighted by Gasteiger charge is -2.18. The fraction of sp³-hybridized carbons (Fsp3) is 0.429. The third kappa shape index (κ3) is 3.87. The molecular formula is C21H23ClN2O. The zero-order valence-electron chi connectivity index (χ0n) is 14.5. The normalized spacial score (nSPS) is 16.9. The molecule has 0 atom stereocenters. The van der Waals surface area contributed by atoms with Crippen LogP contribution >= 0.6 is 11.6 Å². The SMILES string of the molecule is Cc1cc(-c2cc(CCl)cc(C(=O)NC(C3CC3)C3CC3)c2)ccn1. The van der Waals surface area contributed by atoms with Crippen molar-refractivity contribution in [3.8, 4) is 11.1 Å². The van der Waals surface area contributed by atoms with E-state index in [4.69, 9.17) is 11.6 Å². The number of benzene rings is 1. The summed E-state index contributed by atoms with van der Waals surface area (Å²) in [5, 5.41) is 3.30. The van der Waals surface area contributed by atoms with Crippen LogP contribution in [0.2, 0.25) is 0 Å². The summed E-state index contributed by atoms with van der Waals surface area (Å²) in [6.07, 6.45) is 6.82. The maximum atomic E-state index is 12.9. The van der Waals surface area contributed by atoms with Crippen LogP contribution in [-0.2, 0) is 5.88 Å². The Morgan fingerprint density at radius 3 is 2.48 bits per heavy atom. The van der Waals surface area contributed by atoms with Gasteiger partial charge in [0.05, 0.1) is 0 Å². The van der Waals surface area contributed by atoms with Crippen LogP contribution in [0.5, 0.6) is 0 Å². The molecule has 4 heteroatoms. The van der Waals surface area contributed by atoms with Crippen molar-refractivity contribution in [3.05, 3.63) is 53.3 Å². The molecule has 4 rings (SSSR count). The Morgan fingerprint density at radius 2 is 1.88 bits per heavy atom. The molecule has 0 radical (unpaired) electrons. The molecule has 25 heavy (non-hydrogen) atoms. The van der Waals surface area contributed by atoms with E-state index in [1.54, 1.807) is 6.20 Å². The fourth-order valence-corrected chi connectivity index (χ4v) is 3.71. The Kier molecular flexibility index (Phi) is 4.51. The van der Waals surface area contributed by atoms with Gasteiger partial charge in [-0.15, -0.1) is 11.6 Å². The van der Waals surface area contributed by atoms with E-state index < -0.39 is 0 Å². The van der Waals surface area contributed by atoms with Crippen molar-refractivity contribution in [2.75, 3.05) is 0 Å². The van der Waals surface area contributed by atoms with Crippen LogP contribution in [-0.4, -0.2) is 16.9 Å². The zero-order chi connectivity index (χ0) is 17.4. The molecule has 2 aromatic rings. The van der Waals surface area contributed by atoms with E-state index in [9.17, 15) is 4.79 Å². The van der Waals surface area contributed by atoms with Gasteiger partial charge in [0.2, 0.25) is 0 Å². The second-order valence-electron chi connectivity index (χ2n) is 7.41. The van der Waals surface area contributed by atoms with Crippen molar-refractivity contribution >= 4 is 17.5 Å². The number of carbonyl (C=O) groups excluding carboxylic acids is 1. The van der Waals surface area contributed by atoms with Crippen LogP contribution in [0.25, 0.3) is 11.1 Å². The molecule has 2 aliphatic carbocycles. The Bertz CT molecular complexity index is 784. The monoisotopic (exact) mass is 354 g/mol. The van der Waals surface area contributed by atoms with Gasteiger partial charge in [-0.1, -0.05) is 0 Å². The van der Waals surface area contributed by atoms with Gasteiger partial charge < -0.3 is 5.32 Å². The molecule has 2 aliphatic rings. The smallest absolute Gasteiger partial charge is 0.251 e. The highest BCUT2D eigenvalue weighted by Crippen LogP contribution is 2.44. The van der Waals surface area contributed by atoms with Gasteiger partial charge in [0.25, 0.3) is 5.91 Å². The molecule has 0 aliphatic heterocycles. The van der Waals surface area contributed by atoms with Gasteiger partial charge in [0, 0.05) is 29.4 Å². The molecule has 0 spiro atoms. The summed E-state index contributed by atoms with van der Waals surface area (Å²) in [4.78, 5) is 17.1. The number of rotatable bonds is 6. The number of aromatic nitrogens is 1. The summed E-state index contributed by atoms with van der Waals surface area (Å²) in [6, 6.07) is 10.3. The summed E-state index contributed by atoms with van der Waals surface area (Å²) < 4.78 is 0. The van der Waals surface area contributed by atoms with Gasteiger partial charge in [-0.2, -0.15) is 0 Å². The van der Waals surface area contributed by atoms with E-state index in [0.717, 1.165) is 22.4 Å². The average Bonchev–Trinajstić information content (AvgIpc) is 3.52. The van der Waals surface area contributed by atoms with E-state index in [1.807, 2.05) is 31.2 Å². The predicted octanol–water partition coefficient (Wildman–Crippen LogP) is 4.71. The van der Waals surface area contributed by atoms with Crippen molar-refractivity contribution in [3.63, 3.8) is 0 Å². The first-order valence-electron chi connectivity index (χ1n) is 9.08. The number of carbonyl (C=O) groups is 1. The molecule has 1 aromatic carbocycles. The lowest BCUT2D eigenvalue weighted by molar-refractivity contribution is 0.0926. The molecule has 0 unspecified atom stereocenters. The largest absolute Gasteiger partial charge is 0.349 e. The predicted molar refractivity (Wildman–Crippen MR) is 101 cm³/mol. The van der Waals surface area contributed by atoms with Crippen LogP contribution in [0.1, 0.15) is 47.3 Å². The van der Waals surface area contributed by atoms with Crippen LogP contribution in [0.3, 0.4) is 0 Å².